The molecular weight excluding hydrogens is 264 g/mol. The number of aryl methyl sites for hydroxylation is 1. The van der Waals surface area contributed by atoms with Crippen molar-refractivity contribution in [3.05, 3.63) is 59.2 Å². The largest absolute Gasteiger partial charge is 0.508 e. The molecule has 0 unspecified atom stereocenters. The minimum absolute atomic E-state index is 0.263. The van der Waals surface area contributed by atoms with Crippen molar-refractivity contribution in [1.29, 1.82) is 0 Å². The molecule has 0 aromatic heterocycles. The van der Waals surface area contributed by atoms with Crippen LogP contribution in [-0.4, -0.2) is 10.2 Å². The molecule has 21 heavy (non-hydrogen) atoms. The molecule has 0 aliphatic rings. The highest BCUT2D eigenvalue weighted by Crippen LogP contribution is 2.20. The fourth-order valence-corrected chi connectivity index (χ4v) is 2.22. The van der Waals surface area contributed by atoms with Crippen LogP contribution in [0.2, 0.25) is 0 Å². The van der Waals surface area contributed by atoms with Gasteiger partial charge in [-0.15, -0.1) is 0 Å². The first-order valence-corrected chi connectivity index (χ1v) is 7.35. The molecule has 0 saturated carbocycles. The quantitative estimate of drug-likeness (QED) is 0.803. The van der Waals surface area contributed by atoms with Crippen molar-refractivity contribution in [2.75, 3.05) is 0 Å². The second kappa shape index (κ2) is 7.70. The van der Waals surface area contributed by atoms with Crippen LogP contribution in [0, 0.1) is 0 Å². The van der Waals surface area contributed by atoms with Crippen molar-refractivity contribution < 1.29 is 14.9 Å². The van der Waals surface area contributed by atoms with E-state index in [-0.39, 0.29) is 5.75 Å². The van der Waals surface area contributed by atoms with Gasteiger partial charge >= 0.3 is 0 Å². The fourth-order valence-electron chi connectivity index (χ4n) is 2.22. The van der Waals surface area contributed by atoms with E-state index in [1.54, 1.807) is 18.2 Å². The predicted octanol–water partition coefficient (Wildman–Crippen LogP) is 4.16. The molecule has 0 atom stereocenters. The minimum atomic E-state index is 0.263. The van der Waals surface area contributed by atoms with Crippen LogP contribution in [0.5, 0.6) is 11.5 Å². The van der Waals surface area contributed by atoms with Gasteiger partial charge < -0.3 is 14.9 Å². The molecule has 2 rings (SSSR count). The Morgan fingerprint density at radius 2 is 1.57 bits per heavy atom. The van der Waals surface area contributed by atoms with E-state index in [1.807, 2.05) is 24.3 Å². The van der Waals surface area contributed by atoms with Gasteiger partial charge in [-0.1, -0.05) is 31.5 Å². The van der Waals surface area contributed by atoms with Crippen LogP contribution in [0.3, 0.4) is 0 Å². The van der Waals surface area contributed by atoms with E-state index in [0.29, 0.717) is 19.0 Å². The number of benzene rings is 2. The van der Waals surface area contributed by atoms with Crippen LogP contribution >= 0.6 is 0 Å². The number of hydrogen-bond donors (Lipinski definition) is 2. The lowest BCUT2D eigenvalue weighted by Crippen LogP contribution is -1.99. The maximum atomic E-state index is 9.60. The van der Waals surface area contributed by atoms with Crippen molar-refractivity contribution in [3.8, 4) is 11.5 Å². The third kappa shape index (κ3) is 4.80. The number of aromatic hydroxyl groups is 2. The Kier molecular flexibility index (Phi) is 5.64. The summed E-state index contributed by atoms with van der Waals surface area (Å²) in [7, 11) is 0. The van der Waals surface area contributed by atoms with Gasteiger partial charge in [0.25, 0.3) is 0 Å². The topological polar surface area (TPSA) is 49.7 Å². The molecular formula is C18H22O3. The summed E-state index contributed by atoms with van der Waals surface area (Å²) in [5.74, 6) is 0.572. The van der Waals surface area contributed by atoms with Crippen LogP contribution < -0.4 is 0 Å². The average Bonchev–Trinajstić information content (AvgIpc) is 2.49. The zero-order chi connectivity index (χ0) is 15.1. The lowest BCUT2D eigenvalue weighted by molar-refractivity contribution is 0.106. The standard InChI is InChI=1S/C18H22O3/c1-2-3-4-15-11-18(20)10-7-16(15)13-21-12-14-5-8-17(19)9-6-14/h5-11,19-20H,2-4,12-13H2,1H3. The highest BCUT2D eigenvalue weighted by atomic mass is 16.5. The first-order valence-electron chi connectivity index (χ1n) is 7.35. The van der Waals surface area contributed by atoms with Gasteiger partial charge in [0, 0.05) is 0 Å². The molecule has 2 aromatic carbocycles. The monoisotopic (exact) mass is 286 g/mol. The molecule has 2 aromatic rings. The van der Waals surface area contributed by atoms with Crippen LogP contribution in [-0.2, 0) is 24.4 Å². The summed E-state index contributed by atoms with van der Waals surface area (Å²) in [6, 6.07) is 12.5. The lowest BCUT2D eigenvalue weighted by atomic mass is 10.0. The van der Waals surface area contributed by atoms with E-state index >= 15 is 0 Å². The highest BCUT2D eigenvalue weighted by Gasteiger charge is 2.04. The molecule has 112 valence electrons. The van der Waals surface area contributed by atoms with Crippen molar-refractivity contribution in [2.45, 2.75) is 39.4 Å². The molecule has 3 nitrogen and oxygen atoms in total. The second-order valence-corrected chi connectivity index (χ2v) is 5.22. The van der Waals surface area contributed by atoms with E-state index in [2.05, 4.69) is 6.92 Å². The van der Waals surface area contributed by atoms with E-state index < -0.39 is 0 Å². The lowest BCUT2D eigenvalue weighted by Gasteiger charge is -2.11. The van der Waals surface area contributed by atoms with Crippen LogP contribution in [0.4, 0.5) is 0 Å². The number of rotatable bonds is 7. The maximum absolute atomic E-state index is 9.60. The van der Waals surface area contributed by atoms with Crippen LogP contribution in [0.15, 0.2) is 42.5 Å². The first kappa shape index (κ1) is 15.4. The summed E-state index contributed by atoms with van der Waals surface area (Å²) >= 11 is 0. The van der Waals surface area contributed by atoms with Gasteiger partial charge in [0.2, 0.25) is 0 Å². The normalized spacial score (nSPS) is 10.7. The smallest absolute Gasteiger partial charge is 0.115 e. The zero-order valence-corrected chi connectivity index (χ0v) is 12.4. The van der Waals surface area contributed by atoms with E-state index in [4.69, 9.17) is 4.74 Å². The second-order valence-electron chi connectivity index (χ2n) is 5.22. The molecule has 0 fully saturated rings. The molecule has 0 aliphatic heterocycles. The predicted molar refractivity (Wildman–Crippen MR) is 83.3 cm³/mol. The van der Waals surface area contributed by atoms with Gasteiger partial charge in [-0.25, -0.2) is 0 Å². The number of hydrogen-bond acceptors (Lipinski definition) is 3. The molecule has 3 heteroatoms. The number of ether oxygens (including phenoxy) is 1. The first-order chi connectivity index (χ1) is 10.2. The Bertz CT molecular complexity index is 561. The Labute approximate surface area is 125 Å². The SMILES string of the molecule is CCCCc1cc(O)ccc1COCc1ccc(O)cc1. The van der Waals surface area contributed by atoms with Gasteiger partial charge in [-0.05, 0) is 53.8 Å². The Balaban J connectivity index is 1.94. The van der Waals surface area contributed by atoms with Gasteiger partial charge in [0.15, 0.2) is 0 Å². The molecule has 0 saturated heterocycles. The van der Waals surface area contributed by atoms with E-state index in [9.17, 15) is 10.2 Å². The molecule has 0 amide bonds. The number of unbranched alkanes of at least 4 members (excludes halogenated alkanes) is 1. The third-order valence-corrected chi connectivity index (χ3v) is 3.45. The Hall–Kier alpha value is -2.00. The third-order valence-electron chi connectivity index (χ3n) is 3.45. The Morgan fingerprint density at radius 3 is 2.29 bits per heavy atom. The number of phenols is 2. The van der Waals surface area contributed by atoms with Gasteiger partial charge in [-0.2, -0.15) is 0 Å². The van der Waals surface area contributed by atoms with Crippen LogP contribution in [0.1, 0.15) is 36.5 Å². The van der Waals surface area contributed by atoms with Gasteiger partial charge in [-0.3, -0.25) is 0 Å². The molecule has 0 heterocycles. The average molecular weight is 286 g/mol. The fraction of sp³-hybridized carbons (Fsp3) is 0.333. The summed E-state index contributed by atoms with van der Waals surface area (Å²) in [6.07, 6.45) is 3.20. The van der Waals surface area contributed by atoms with Crippen molar-refractivity contribution in [2.24, 2.45) is 0 Å². The van der Waals surface area contributed by atoms with Crippen molar-refractivity contribution in [1.82, 2.24) is 0 Å². The molecule has 0 aliphatic carbocycles. The summed E-state index contributed by atoms with van der Waals surface area (Å²) in [6.45, 7) is 3.19. The Morgan fingerprint density at radius 1 is 0.857 bits per heavy atom. The number of phenolic OH excluding ortho intramolecular Hbond substituents is 2. The minimum Gasteiger partial charge on any atom is -0.508 e. The zero-order valence-electron chi connectivity index (χ0n) is 12.4. The summed E-state index contributed by atoms with van der Waals surface area (Å²) in [5.41, 5.74) is 3.31. The highest BCUT2D eigenvalue weighted by molar-refractivity contribution is 5.34. The summed E-state index contributed by atoms with van der Waals surface area (Å²) in [4.78, 5) is 0. The molecule has 2 N–H and O–H groups in total. The summed E-state index contributed by atoms with van der Waals surface area (Å²) in [5, 5.41) is 18.8. The van der Waals surface area contributed by atoms with Crippen LogP contribution in [0.25, 0.3) is 0 Å². The maximum Gasteiger partial charge on any atom is 0.115 e. The van der Waals surface area contributed by atoms with Gasteiger partial charge in [0.1, 0.15) is 11.5 Å². The van der Waals surface area contributed by atoms with Crippen molar-refractivity contribution in [3.63, 3.8) is 0 Å². The summed E-state index contributed by atoms with van der Waals surface area (Å²) < 4.78 is 5.74. The molecule has 0 spiro atoms. The van der Waals surface area contributed by atoms with E-state index in [0.717, 1.165) is 36.0 Å². The molecule has 0 bridgehead atoms. The van der Waals surface area contributed by atoms with E-state index in [1.165, 1.54) is 0 Å². The van der Waals surface area contributed by atoms with Crippen molar-refractivity contribution >= 4 is 0 Å². The molecule has 0 radical (unpaired) electrons. The van der Waals surface area contributed by atoms with Gasteiger partial charge in [0.05, 0.1) is 13.2 Å².